The van der Waals surface area contributed by atoms with E-state index in [0.29, 0.717) is 18.0 Å². The fourth-order valence-corrected chi connectivity index (χ4v) is 1.83. The number of hydrogen-bond acceptors (Lipinski definition) is 5. The number of rotatable bonds is 6. The lowest BCUT2D eigenvalue weighted by molar-refractivity contribution is 0.417. The normalized spacial score (nSPS) is 11.2. The molecule has 0 amide bonds. The van der Waals surface area contributed by atoms with Gasteiger partial charge in [-0.3, -0.25) is 0 Å². The largest absolute Gasteiger partial charge is 0.495 e. The molecule has 0 aromatic heterocycles. The smallest absolute Gasteiger partial charge is 0.213 e. The second kappa shape index (κ2) is 5.74. The highest BCUT2D eigenvalue weighted by Crippen LogP contribution is 2.24. The van der Waals surface area contributed by atoms with Gasteiger partial charge >= 0.3 is 0 Å². The highest BCUT2D eigenvalue weighted by molar-refractivity contribution is 7.89. The average Bonchev–Trinajstić information content (AvgIpc) is 2.31. The molecule has 0 unspecified atom stereocenters. The van der Waals surface area contributed by atoms with Crippen LogP contribution in [0.1, 0.15) is 0 Å². The summed E-state index contributed by atoms with van der Waals surface area (Å²) in [5.41, 5.74) is 6.97. The molecule has 4 N–H and O–H groups in total. The van der Waals surface area contributed by atoms with Crippen LogP contribution >= 0.6 is 0 Å². The summed E-state index contributed by atoms with van der Waals surface area (Å²) in [6.45, 7) is 0.316. The Kier molecular flexibility index (Phi) is 4.59. The Morgan fingerprint density at radius 1 is 1.41 bits per heavy atom. The number of nitrogens with two attached hydrogens (primary N) is 1. The highest BCUT2D eigenvalue weighted by Gasteiger charge is 2.06. The van der Waals surface area contributed by atoms with Gasteiger partial charge in [0, 0.05) is 18.3 Å². The van der Waals surface area contributed by atoms with Crippen molar-refractivity contribution in [3.8, 4) is 5.75 Å². The number of sulfonamides is 1. The molecule has 0 spiro atoms. The van der Waals surface area contributed by atoms with Crippen molar-refractivity contribution >= 4 is 21.4 Å². The molecule has 1 aromatic carbocycles. The van der Waals surface area contributed by atoms with Crippen LogP contribution in [0.5, 0.6) is 5.75 Å². The molecule has 7 heteroatoms. The van der Waals surface area contributed by atoms with E-state index < -0.39 is 10.0 Å². The van der Waals surface area contributed by atoms with Crippen molar-refractivity contribution in [2.24, 2.45) is 0 Å². The van der Waals surface area contributed by atoms with Crippen molar-refractivity contribution in [2.75, 3.05) is 37.5 Å². The van der Waals surface area contributed by atoms with Crippen LogP contribution in [0.15, 0.2) is 18.2 Å². The van der Waals surface area contributed by atoms with E-state index in [1.165, 1.54) is 14.2 Å². The van der Waals surface area contributed by atoms with Crippen molar-refractivity contribution in [1.82, 2.24) is 4.72 Å². The summed E-state index contributed by atoms with van der Waals surface area (Å²) >= 11 is 0. The molecule has 0 saturated carbocycles. The van der Waals surface area contributed by atoms with Gasteiger partial charge in [0.1, 0.15) is 5.75 Å². The molecule has 96 valence electrons. The van der Waals surface area contributed by atoms with Crippen LogP contribution in [0.3, 0.4) is 0 Å². The van der Waals surface area contributed by atoms with Gasteiger partial charge in [0.2, 0.25) is 10.0 Å². The van der Waals surface area contributed by atoms with Crippen molar-refractivity contribution in [3.63, 3.8) is 0 Å². The van der Waals surface area contributed by atoms with Crippen molar-refractivity contribution < 1.29 is 13.2 Å². The summed E-state index contributed by atoms with van der Waals surface area (Å²) in [4.78, 5) is 0. The molecular weight excluding hydrogens is 242 g/mol. The van der Waals surface area contributed by atoms with Crippen LogP contribution in [-0.4, -0.2) is 34.9 Å². The van der Waals surface area contributed by atoms with E-state index in [2.05, 4.69) is 10.0 Å². The lowest BCUT2D eigenvalue weighted by Crippen LogP contribution is -2.26. The molecular formula is C10H17N3O3S. The summed E-state index contributed by atoms with van der Waals surface area (Å²) in [6.07, 6.45) is 0. The molecule has 0 fully saturated rings. The van der Waals surface area contributed by atoms with Crippen molar-refractivity contribution in [3.05, 3.63) is 18.2 Å². The Labute approximate surface area is 101 Å². The van der Waals surface area contributed by atoms with Gasteiger partial charge in [0.05, 0.1) is 18.6 Å². The number of benzene rings is 1. The Bertz CT molecular complexity index is 474. The first kappa shape index (κ1) is 13.6. The fraction of sp³-hybridized carbons (Fsp3) is 0.400. The maximum Gasteiger partial charge on any atom is 0.213 e. The summed E-state index contributed by atoms with van der Waals surface area (Å²) in [7, 11) is -0.263. The van der Waals surface area contributed by atoms with Gasteiger partial charge in [0.25, 0.3) is 0 Å². The van der Waals surface area contributed by atoms with Crippen LogP contribution in [0.4, 0.5) is 11.4 Å². The molecule has 0 aliphatic heterocycles. The summed E-state index contributed by atoms with van der Waals surface area (Å²) < 4.78 is 29.6. The van der Waals surface area contributed by atoms with Gasteiger partial charge in [0.15, 0.2) is 0 Å². The third-order valence-electron chi connectivity index (χ3n) is 2.24. The van der Waals surface area contributed by atoms with Gasteiger partial charge in [-0.1, -0.05) is 0 Å². The predicted molar refractivity (Wildman–Crippen MR) is 68.7 cm³/mol. The minimum atomic E-state index is -3.18. The lowest BCUT2D eigenvalue weighted by Gasteiger charge is -2.09. The number of anilines is 2. The Hall–Kier alpha value is -1.47. The molecule has 6 nitrogen and oxygen atoms in total. The topological polar surface area (TPSA) is 93.5 Å². The third-order valence-corrected chi connectivity index (χ3v) is 3.61. The second-order valence-electron chi connectivity index (χ2n) is 3.41. The van der Waals surface area contributed by atoms with Crippen molar-refractivity contribution in [1.29, 1.82) is 0 Å². The predicted octanol–water partition coefficient (Wildman–Crippen LogP) is 0.239. The molecule has 0 aliphatic carbocycles. The Morgan fingerprint density at radius 2 is 2.12 bits per heavy atom. The monoisotopic (exact) mass is 259 g/mol. The maximum absolute atomic E-state index is 11.2. The first-order chi connectivity index (χ1) is 7.98. The van der Waals surface area contributed by atoms with Gasteiger partial charge in [-0.2, -0.15) is 0 Å². The molecule has 0 heterocycles. The molecule has 0 aliphatic rings. The van der Waals surface area contributed by atoms with Gasteiger partial charge in [-0.25, -0.2) is 13.1 Å². The molecule has 1 rings (SSSR count). The number of hydrogen-bond donors (Lipinski definition) is 3. The van der Waals surface area contributed by atoms with E-state index in [0.717, 1.165) is 5.69 Å². The van der Waals surface area contributed by atoms with E-state index in [1.807, 2.05) is 0 Å². The minimum absolute atomic E-state index is 0.0101. The lowest BCUT2D eigenvalue weighted by atomic mass is 10.2. The number of nitrogens with one attached hydrogen (secondary N) is 2. The number of nitrogen functional groups attached to an aromatic ring is 1. The average molecular weight is 259 g/mol. The number of methoxy groups -OCH3 is 1. The van der Waals surface area contributed by atoms with Crippen molar-refractivity contribution in [2.45, 2.75) is 0 Å². The standard InChI is InChI=1S/C10H17N3O3S/c1-12-17(14,15)6-5-13-8-3-4-9(11)10(7-8)16-2/h3-4,7,12-13H,5-6,11H2,1-2H3. The van der Waals surface area contributed by atoms with Crippen LogP contribution in [-0.2, 0) is 10.0 Å². The Balaban J connectivity index is 2.58. The SMILES string of the molecule is CNS(=O)(=O)CCNc1ccc(N)c(OC)c1. The minimum Gasteiger partial charge on any atom is -0.495 e. The summed E-state index contributed by atoms with van der Waals surface area (Å²) in [6, 6.07) is 5.19. The van der Waals surface area contributed by atoms with Crippen LogP contribution in [0.25, 0.3) is 0 Å². The molecule has 17 heavy (non-hydrogen) atoms. The summed E-state index contributed by atoms with van der Waals surface area (Å²) in [5.74, 6) is 0.572. The Morgan fingerprint density at radius 3 is 2.71 bits per heavy atom. The van der Waals surface area contributed by atoms with E-state index in [-0.39, 0.29) is 5.75 Å². The van der Waals surface area contributed by atoms with Crippen LogP contribution in [0, 0.1) is 0 Å². The zero-order valence-corrected chi connectivity index (χ0v) is 10.7. The highest BCUT2D eigenvalue weighted by atomic mass is 32.2. The molecule has 1 aromatic rings. The first-order valence-electron chi connectivity index (χ1n) is 5.07. The molecule has 0 saturated heterocycles. The quantitative estimate of drug-likeness (QED) is 0.636. The molecule has 0 radical (unpaired) electrons. The van der Waals surface area contributed by atoms with Crippen LogP contribution in [0.2, 0.25) is 0 Å². The zero-order chi connectivity index (χ0) is 12.9. The molecule has 0 atom stereocenters. The third kappa shape index (κ3) is 4.12. The van der Waals surface area contributed by atoms with Gasteiger partial charge in [-0.05, 0) is 19.2 Å². The van der Waals surface area contributed by atoms with E-state index in [9.17, 15) is 8.42 Å². The van der Waals surface area contributed by atoms with Gasteiger partial charge in [-0.15, -0.1) is 0 Å². The van der Waals surface area contributed by atoms with E-state index in [4.69, 9.17) is 10.5 Å². The van der Waals surface area contributed by atoms with Crippen LogP contribution < -0.4 is 20.5 Å². The zero-order valence-electron chi connectivity index (χ0n) is 9.86. The summed E-state index contributed by atoms with van der Waals surface area (Å²) in [5, 5.41) is 2.98. The maximum atomic E-state index is 11.2. The molecule has 0 bridgehead atoms. The first-order valence-corrected chi connectivity index (χ1v) is 6.72. The number of ether oxygens (including phenoxy) is 1. The fourth-order valence-electron chi connectivity index (χ4n) is 1.25. The second-order valence-corrected chi connectivity index (χ2v) is 5.45. The van der Waals surface area contributed by atoms with E-state index in [1.54, 1.807) is 18.2 Å². The van der Waals surface area contributed by atoms with Gasteiger partial charge < -0.3 is 15.8 Å². The van der Waals surface area contributed by atoms with E-state index >= 15 is 0 Å².